The molecule has 0 N–H and O–H groups in total. The molecule has 1 nitrogen and oxygen atoms in total. The van der Waals surface area contributed by atoms with E-state index < -0.39 is 24.2 Å². The number of rotatable bonds is 3. The summed E-state index contributed by atoms with van der Waals surface area (Å²) in [7, 11) is 0. The van der Waals surface area contributed by atoms with Crippen LogP contribution in [0.1, 0.15) is 11.0 Å². The van der Waals surface area contributed by atoms with Gasteiger partial charge in [-0.3, -0.25) is 0 Å². The van der Waals surface area contributed by atoms with Gasteiger partial charge in [-0.2, -0.15) is 0 Å². The van der Waals surface area contributed by atoms with Crippen LogP contribution in [0.2, 0.25) is 0 Å². The zero-order chi connectivity index (χ0) is 37.9. The molecule has 0 saturated carbocycles. The van der Waals surface area contributed by atoms with E-state index in [1.54, 1.807) is 6.07 Å². The van der Waals surface area contributed by atoms with Crippen LogP contribution in [0, 0.1) is 0 Å². The Bertz CT molecular complexity index is 3220. The van der Waals surface area contributed by atoms with Crippen LogP contribution in [0.15, 0.2) is 174 Å². The molecule has 0 amide bonds. The second-order valence-corrected chi connectivity index (χ2v) is 11.8. The van der Waals surface area contributed by atoms with Gasteiger partial charge >= 0.3 is 0 Å². The minimum Gasteiger partial charge on any atom is -0.456 e. The van der Waals surface area contributed by atoms with Gasteiger partial charge in [0.05, 0.1) is 11.0 Å². The first kappa shape index (κ1) is 19.4. The Labute approximate surface area is 283 Å². The maximum Gasteiger partial charge on any atom is 0.136 e. The first-order valence-electron chi connectivity index (χ1n) is 19.5. The second-order valence-electron chi connectivity index (χ2n) is 11.8. The summed E-state index contributed by atoms with van der Waals surface area (Å²) in [6.45, 7) is 0. The van der Waals surface area contributed by atoms with Crippen LogP contribution in [-0.4, -0.2) is 0 Å². The van der Waals surface area contributed by atoms with Crippen LogP contribution in [0.3, 0.4) is 0 Å². The largest absolute Gasteiger partial charge is 0.456 e. The molecule has 0 saturated heterocycles. The fraction of sp³-hybridized carbons (Fsp3) is 0. The van der Waals surface area contributed by atoms with E-state index >= 15 is 0 Å². The van der Waals surface area contributed by atoms with E-state index in [0.29, 0.717) is 33.4 Å². The van der Waals surface area contributed by atoms with Gasteiger partial charge in [-0.1, -0.05) is 139 Å². The Morgan fingerprint density at radius 2 is 0.979 bits per heavy atom. The third kappa shape index (κ3) is 3.97. The summed E-state index contributed by atoms with van der Waals surface area (Å²) in [6.07, 6.45) is 0. The Morgan fingerprint density at radius 3 is 1.70 bits per heavy atom. The molecule has 0 unspecified atom stereocenters. The van der Waals surface area contributed by atoms with Crippen LogP contribution in [0.4, 0.5) is 0 Å². The smallest absolute Gasteiger partial charge is 0.136 e. The quantitative estimate of drug-likeness (QED) is 0.183. The lowest BCUT2D eigenvalue weighted by molar-refractivity contribution is 0.669. The van der Waals surface area contributed by atoms with E-state index in [-0.39, 0.29) is 45.7 Å². The van der Waals surface area contributed by atoms with E-state index in [4.69, 9.17) is 9.90 Å². The molecular formula is C46H28O. The average Bonchev–Trinajstić information content (AvgIpc) is 3.61. The van der Waals surface area contributed by atoms with Gasteiger partial charge in [0.2, 0.25) is 0 Å². The highest BCUT2D eigenvalue weighted by atomic mass is 16.3. The molecule has 0 spiro atoms. The van der Waals surface area contributed by atoms with E-state index in [1.165, 1.54) is 0 Å². The normalized spacial score (nSPS) is 14.2. The Balaban J connectivity index is 1.44. The van der Waals surface area contributed by atoms with Crippen molar-refractivity contribution in [2.75, 3.05) is 0 Å². The van der Waals surface area contributed by atoms with E-state index in [2.05, 4.69) is 0 Å². The fourth-order valence-corrected chi connectivity index (χ4v) is 7.22. The molecule has 0 aliphatic heterocycles. The van der Waals surface area contributed by atoms with Gasteiger partial charge in [0.25, 0.3) is 0 Å². The van der Waals surface area contributed by atoms with E-state index in [9.17, 15) is 5.48 Å². The maximum absolute atomic E-state index is 9.46. The molecule has 0 radical (unpaired) electrons. The maximum atomic E-state index is 9.46. The van der Waals surface area contributed by atoms with E-state index in [1.807, 2.05) is 115 Å². The van der Waals surface area contributed by atoms with Gasteiger partial charge in [0.1, 0.15) is 11.2 Å². The lowest BCUT2D eigenvalue weighted by Gasteiger charge is -2.19. The lowest BCUT2D eigenvalue weighted by Crippen LogP contribution is -1.92. The highest BCUT2D eigenvalue weighted by Gasteiger charge is 2.19. The van der Waals surface area contributed by atoms with Crippen molar-refractivity contribution >= 4 is 65.0 Å². The third-order valence-electron chi connectivity index (χ3n) is 9.26. The van der Waals surface area contributed by atoms with Crippen LogP contribution in [0.5, 0.6) is 0 Å². The first-order valence-corrected chi connectivity index (χ1v) is 15.5. The standard InChI is InChI=1S/C46H28O/c1-2-12-29(13-3-1)40-28-33(26-31-15-5-6-16-34(31)40)45-38-20-10-8-18-36(38)44(37-19-9-11-21-39(37)45)32-23-24-42-41(27-32)46-35-17-7-4-14-30(35)22-25-43(46)47-42/h1-28H/i8D,9D,10D,11D,18D,19D,20D,21D. The number of hydrogen-bond donors (Lipinski definition) is 0. The molecule has 10 rings (SSSR count). The predicted molar refractivity (Wildman–Crippen MR) is 200 cm³/mol. The molecule has 9 aromatic carbocycles. The molecule has 0 atom stereocenters. The van der Waals surface area contributed by atoms with Crippen molar-refractivity contribution in [1.29, 1.82) is 0 Å². The number of hydrogen-bond acceptors (Lipinski definition) is 1. The molecular weight excluding hydrogens is 569 g/mol. The summed E-state index contributed by atoms with van der Waals surface area (Å²) in [5, 5.41) is 6.20. The predicted octanol–water partition coefficient (Wildman–Crippen LogP) is 13.2. The highest BCUT2D eigenvalue weighted by Crippen LogP contribution is 2.46. The van der Waals surface area contributed by atoms with Crippen molar-refractivity contribution in [3.63, 3.8) is 0 Å². The summed E-state index contributed by atoms with van der Waals surface area (Å²) in [5.74, 6) is 0. The molecule has 1 aromatic heterocycles. The van der Waals surface area contributed by atoms with Gasteiger partial charge < -0.3 is 4.42 Å². The zero-order valence-electron chi connectivity index (χ0n) is 33.0. The van der Waals surface area contributed by atoms with Gasteiger partial charge in [0, 0.05) is 10.8 Å². The minimum atomic E-state index is -0.436. The van der Waals surface area contributed by atoms with Crippen molar-refractivity contribution in [3.8, 4) is 33.4 Å². The lowest BCUT2D eigenvalue weighted by atomic mass is 9.84. The van der Waals surface area contributed by atoms with Crippen molar-refractivity contribution in [3.05, 3.63) is 170 Å². The number of furan rings is 1. The van der Waals surface area contributed by atoms with Gasteiger partial charge in [0.15, 0.2) is 0 Å². The Morgan fingerprint density at radius 1 is 0.383 bits per heavy atom. The third-order valence-corrected chi connectivity index (χ3v) is 9.26. The number of fused-ring (bicyclic) bond motifs is 8. The van der Waals surface area contributed by atoms with Crippen LogP contribution >= 0.6 is 0 Å². The van der Waals surface area contributed by atoms with Crippen LogP contribution in [0.25, 0.3) is 98.4 Å². The summed E-state index contributed by atoms with van der Waals surface area (Å²) in [4.78, 5) is 0. The van der Waals surface area contributed by atoms with Gasteiger partial charge in [-0.05, 0) is 107 Å². The van der Waals surface area contributed by atoms with E-state index in [0.717, 1.165) is 43.4 Å². The topological polar surface area (TPSA) is 13.1 Å². The van der Waals surface area contributed by atoms with Crippen molar-refractivity contribution < 1.29 is 15.4 Å². The molecule has 0 fully saturated rings. The SMILES string of the molecule is [2H]c1c([2H])c([2H])c2c(-c3ccc4oc5ccc6ccccc6c5c4c3)c3c([2H])c([2H])c([2H])c([2H])c3c(-c3cc(-c4ccccc4)c4ccccc4c3)c2c1[2H]. The molecule has 1 heterocycles. The first-order chi connectivity index (χ1) is 26.6. The van der Waals surface area contributed by atoms with Crippen molar-refractivity contribution in [2.24, 2.45) is 0 Å². The Hall–Kier alpha value is -6.18. The van der Waals surface area contributed by atoms with Crippen LogP contribution in [-0.2, 0) is 0 Å². The van der Waals surface area contributed by atoms with Crippen LogP contribution < -0.4 is 0 Å². The molecule has 218 valence electrons. The Kier molecular flexibility index (Phi) is 4.19. The summed E-state index contributed by atoms with van der Waals surface area (Å²) < 4.78 is 79.6. The molecule has 47 heavy (non-hydrogen) atoms. The molecule has 10 aromatic rings. The molecule has 0 bridgehead atoms. The zero-order valence-corrected chi connectivity index (χ0v) is 25.0. The second kappa shape index (κ2) is 10.2. The summed E-state index contributed by atoms with van der Waals surface area (Å²) >= 11 is 0. The van der Waals surface area contributed by atoms with Crippen molar-refractivity contribution in [1.82, 2.24) is 0 Å². The van der Waals surface area contributed by atoms with Gasteiger partial charge in [-0.15, -0.1) is 0 Å². The minimum absolute atomic E-state index is 0.171. The highest BCUT2D eigenvalue weighted by molar-refractivity contribution is 6.24. The number of benzene rings is 9. The summed E-state index contributed by atoms with van der Waals surface area (Å²) in [6, 6.07) is 36.2. The molecule has 0 aliphatic rings. The average molecular weight is 605 g/mol. The monoisotopic (exact) mass is 604 g/mol. The summed E-state index contributed by atoms with van der Waals surface area (Å²) in [5.41, 5.74) is 4.83. The fourth-order valence-electron chi connectivity index (χ4n) is 7.22. The van der Waals surface area contributed by atoms with Gasteiger partial charge in [-0.25, -0.2) is 0 Å². The van der Waals surface area contributed by atoms with Crippen molar-refractivity contribution in [2.45, 2.75) is 0 Å². The molecule has 1 heteroatoms. The molecule has 0 aliphatic carbocycles.